The zero-order valence-electron chi connectivity index (χ0n) is 15.8. The van der Waals surface area contributed by atoms with Crippen LogP contribution in [0.15, 0.2) is 23.0 Å². The van der Waals surface area contributed by atoms with Gasteiger partial charge in [-0.1, -0.05) is 19.0 Å². The van der Waals surface area contributed by atoms with Crippen molar-refractivity contribution in [3.05, 3.63) is 35.6 Å². The Morgan fingerprint density at radius 3 is 2.52 bits per heavy atom. The number of hydrogen-bond donors (Lipinski definition) is 0. The second-order valence-corrected chi connectivity index (χ2v) is 8.48. The third-order valence-corrected chi connectivity index (χ3v) is 6.09. The molecule has 3 fully saturated rings. The minimum atomic E-state index is 0.00994. The largest absolute Gasteiger partial charge is 0.360 e. The normalized spacial score (nSPS) is 24.7. The van der Waals surface area contributed by atoms with Crippen molar-refractivity contribution in [3.8, 4) is 0 Å². The molecule has 2 aromatic rings. The van der Waals surface area contributed by atoms with Crippen LogP contribution in [0.5, 0.6) is 0 Å². The standard InChI is InChI=1S/C20H25N5O2/c1-12(2)16-6-19(22-11-21-16)24-7-14-9-25(10-15(14)8-24)20(26)17-5-18(27-23-17)13-3-4-13/h5-6,11-15H,3-4,7-10H2,1-2H3. The van der Waals surface area contributed by atoms with Crippen LogP contribution in [-0.4, -0.2) is 52.1 Å². The molecule has 2 unspecified atom stereocenters. The highest BCUT2D eigenvalue weighted by atomic mass is 16.5. The maximum atomic E-state index is 12.8. The third kappa shape index (κ3) is 3.09. The molecule has 2 aromatic heterocycles. The summed E-state index contributed by atoms with van der Waals surface area (Å²) in [7, 11) is 0. The SMILES string of the molecule is CC(C)c1cc(N2CC3CN(C(=O)c4cc(C5CC5)on4)CC3C2)ncn1. The van der Waals surface area contributed by atoms with E-state index in [2.05, 4.69) is 39.9 Å². The van der Waals surface area contributed by atoms with Crippen molar-refractivity contribution < 1.29 is 9.32 Å². The van der Waals surface area contributed by atoms with Crippen molar-refractivity contribution >= 4 is 11.7 Å². The van der Waals surface area contributed by atoms with Crippen LogP contribution in [0.1, 0.15) is 60.5 Å². The van der Waals surface area contributed by atoms with Gasteiger partial charge in [0, 0.05) is 61.8 Å². The fraction of sp³-hybridized carbons (Fsp3) is 0.600. The molecule has 5 rings (SSSR count). The Hall–Kier alpha value is -2.44. The average molecular weight is 367 g/mol. The number of carbonyl (C=O) groups excluding carboxylic acids is 1. The van der Waals surface area contributed by atoms with Crippen molar-refractivity contribution in [3.63, 3.8) is 0 Å². The van der Waals surface area contributed by atoms with E-state index in [1.807, 2.05) is 11.0 Å². The van der Waals surface area contributed by atoms with Crippen LogP contribution in [0, 0.1) is 11.8 Å². The highest BCUT2D eigenvalue weighted by molar-refractivity contribution is 5.92. The van der Waals surface area contributed by atoms with Crippen LogP contribution >= 0.6 is 0 Å². The maximum absolute atomic E-state index is 12.8. The topological polar surface area (TPSA) is 75.4 Å². The van der Waals surface area contributed by atoms with Gasteiger partial charge in [0.2, 0.25) is 0 Å². The molecule has 1 amide bonds. The molecule has 2 saturated heterocycles. The van der Waals surface area contributed by atoms with E-state index in [-0.39, 0.29) is 5.91 Å². The Kier molecular flexibility index (Phi) is 3.91. The third-order valence-electron chi connectivity index (χ3n) is 6.09. The first-order chi connectivity index (χ1) is 13.1. The molecule has 1 saturated carbocycles. The van der Waals surface area contributed by atoms with Gasteiger partial charge in [-0.3, -0.25) is 4.79 Å². The zero-order valence-corrected chi connectivity index (χ0v) is 15.8. The molecule has 0 radical (unpaired) electrons. The van der Waals surface area contributed by atoms with Gasteiger partial charge in [0.25, 0.3) is 5.91 Å². The summed E-state index contributed by atoms with van der Waals surface area (Å²) < 4.78 is 5.35. The van der Waals surface area contributed by atoms with Crippen molar-refractivity contribution in [1.29, 1.82) is 0 Å². The van der Waals surface area contributed by atoms with E-state index in [4.69, 9.17) is 4.52 Å². The van der Waals surface area contributed by atoms with Gasteiger partial charge < -0.3 is 14.3 Å². The first kappa shape index (κ1) is 16.7. The summed E-state index contributed by atoms with van der Waals surface area (Å²) in [5.74, 6) is 3.73. The van der Waals surface area contributed by atoms with Gasteiger partial charge in [-0.05, 0) is 18.8 Å². The van der Waals surface area contributed by atoms with Crippen molar-refractivity contribution in [2.24, 2.45) is 11.8 Å². The van der Waals surface area contributed by atoms with Crippen molar-refractivity contribution in [2.75, 3.05) is 31.1 Å². The molecule has 2 atom stereocenters. The van der Waals surface area contributed by atoms with E-state index in [0.29, 0.717) is 29.4 Å². The van der Waals surface area contributed by atoms with Crippen LogP contribution in [0.2, 0.25) is 0 Å². The van der Waals surface area contributed by atoms with Crippen LogP contribution < -0.4 is 4.90 Å². The predicted molar refractivity (Wildman–Crippen MR) is 99.7 cm³/mol. The number of carbonyl (C=O) groups is 1. The zero-order chi connectivity index (χ0) is 18.5. The first-order valence-corrected chi connectivity index (χ1v) is 9.91. The molecule has 2 aliphatic heterocycles. The van der Waals surface area contributed by atoms with Crippen LogP contribution in [0.4, 0.5) is 5.82 Å². The minimum absolute atomic E-state index is 0.00994. The Labute approximate surface area is 158 Å². The Bertz CT molecular complexity index is 846. The van der Waals surface area contributed by atoms with Gasteiger partial charge in [-0.15, -0.1) is 0 Å². The van der Waals surface area contributed by atoms with E-state index < -0.39 is 0 Å². The lowest BCUT2D eigenvalue weighted by Gasteiger charge is -2.22. The smallest absolute Gasteiger partial charge is 0.276 e. The number of amides is 1. The lowest BCUT2D eigenvalue weighted by atomic mass is 10.0. The van der Waals surface area contributed by atoms with E-state index in [9.17, 15) is 4.79 Å². The number of nitrogens with zero attached hydrogens (tertiary/aromatic N) is 5. The molecule has 142 valence electrons. The molecule has 0 spiro atoms. The summed E-state index contributed by atoms with van der Waals surface area (Å²) in [6, 6.07) is 3.94. The molecular formula is C20H25N5O2. The van der Waals surface area contributed by atoms with Gasteiger partial charge in [-0.25, -0.2) is 9.97 Å². The Morgan fingerprint density at radius 1 is 1.11 bits per heavy atom. The lowest BCUT2D eigenvalue weighted by molar-refractivity contribution is 0.0772. The van der Waals surface area contributed by atoms with Crippen molar-refractivity contribution in [2.45, 2.75) is 38.5 Å². The Balaban J connectivity index is 1.24. The molecule has 4 heterocycles. The highest BCUT2D eigenvalue weighted by Gasteiger charge is 2.43. The molecule has 7 heteroatoms. The summed E-state index contributed by atoms with van der Waals surface area (Å²) in [6.45, 7) is 7.74. The summed E-state index contributed by atoms with van der Waals surface area (Å²) in [5.41, 5.74) is 1.54. The predicted octanol–water partition coefficient (Wildman–Crippen LogP) is 2.67. The monoisotopic (exact) mass is 367 g/mol. The maximum Gasteiger partial charge on any atom is 0.276 e. The molecule has 27 heavy (non-hydrogen) atoms. The van der Waals surface area contributed by atoms with Gasteiger partial charge in [0.1, 0.15) is 17.9 Å². The summed E-state index contributed by atoms with van der Waals surface area (Å²) in [4.78, 5) is 25.9. The van der Waals surface area contributed by atoms with Gasteiger partial charge in [0.15, 0.2) is 5.69 Å². The molecule has 7 nitrogen and oxygen atoms in total. The fourth-order valence-corrected chi connectivity index (χ4v) is 4.31. The second kappa shape index (κ2) is 6.32. The van der Waals surface area contributed by atoms with Gasteiger partial charge in [-0.2, -0.15) is 0 Å². The number of anilines is 1. The molecule has 1 aliphatic carbocycles. The minimum Gasteiger partial charge on any atom is -0.360 e. The second-order valence-electron chi connectivity index (χ2n) is 8.48. The van der Waals surface area contributed by atoms with Crippen LogP contribution in [0.3, 0.4) is 0 Å². The summed E-state index contributed by atoms with van der Waals surface area (Å²) >= 11 is 0. The summed E-state index contributed by atoms with van der Waals surface area (Å²) in [5, 5.41) is 4.01. The number of rotatable bonds is 4. The van der Waals surface area contributed by atoms with E-state index in [1.165, 1.54) is 0 Å². The molecular weight excluding hydrogens is 342 g/mol. The van der Waals surface area contributed by atoms with Crippen molar-refractivity contribution in [1.82, 2.24) is 20.0 Å². The fourth-order valence-electron chi connectivity index (χ4n) is 4.31. The molecule has 3 aliphatic rings. The quantitative estimate of drug-likeness (QED) is 0.827. The van der Waals surface area contributed by atoms with E-state index in [1.54, 1.807) is 6.33 Å². The highest BCUT2D eigenvalue weighted by Crippen LogP contribution is 2.40. The first-order valence-electron chi connectivity index (χ1n) is 9.91. The lowest BCUT2D eigenvalue weighted by Crippen LogP contribution is -2.33. The molecule has 0 bridgehead atoms. The number of hydrogen-bond acceptors (Lipinski definition) is 6. The van der Waals surface area contributed by atoms with E-state index in [0.717, 1.165) is 56.3 Å². The average Bonchev–Trinajstić information content (AvgIpc) is 3.09. The Morgan fingerprint density at radius 2 is 1.85 bits per heavy atom. The van der Waals surface area contributed by atoms with Crippen LogP contribution in [0.25, 0.3) is 0 Å². The number of fused-ring (bicyclic) bond motifs is 1. The number of likely N-dealkylation sites (tertiary alicyclic amines) is 1. The van der Waals surface area contributed by atoms with Crippen LogP contribution in [-0.2, 0) is 0 Å². The summed E-state index contributed by atoms with van der Waals surface area (Å²) in [6.07, 6.45) is 3.96. The molecule has 0 aromatic carbocycles. The number of aromatic nitrogens is 3. The van der Waals surface area contributed by atoms with E-state index >= 15 is 0 Å². The van der Waals surface area contributed by atoms with Gasteiger partial charge >= 0.3 is 0 Å². The van der Waals surface area contributed by atoms with Gasteiger partial charge in [0.05, 0.1) is 0 Å². The molecule has 0 N–H and O–H groups in total.